The third-order valence-electron chi connectivity index (χ3n) is 3.81. The maximum atomic E-state index is 14.0. The predicted molar refractivity (Wildman–Crippen MR) is 101 cm³/mol. The molecule has 0 N–H and O–H groups in total. The van der Waals surface area contributed by atoms with Crippen LogP contribution in [0.25, 0.3) is 10.9 Å². The molecule has 0 aliphatic rings. The lowest BCUT2D eigenvalue weighted by Gasteiger charge is -2.09. The highest BCUT2D eigenvalue weighted by molar-refractivity contribution is 7.98. The summed E-state index contributed by atoms with van der Waals surface area (Å²) in [6.07, 6.45) is 1.98. The molecule has 0 amide bonds. The normalized spacial score (nSPS) is 10.8. The van der Waals surface area contributed by atoms with Crippen molar-refractivity contribution >= 4 is 40.2 Å². The van der Waals surface area contributed by atoms with Crippen LogP contribution in [0.15, 0.2) is 47.4 Å². The zero-order valence-electron chi connectivity index (χ0n) is 14.1. The third kappa shape index (κ3) is 3.92. The minimum atomic E-state index is -0.779. The molecule has 0 atom stereocenters. The summed E-state index contributed by atoms with van der Waals surface area (Å²) in [6.45, 7) is -0.101. The highest BCUT2D eigenvalue weighted by Crippen LogP contribution is 2.25. The van der Waals surface area contributed by atoms with Gasteiger partial charge >= 0.3 is 5.97 Å². The van der Waals surface area contributed by atoms with Gasteiger partial charge in [-0.05, 0) is 36.6 Å². The number of benzene rings is 2. The zero-order chi connectivity index (χ0) is 18.7. The van der Waals surface area contributed by atoms with Gasteiger partial charge < -0.3 is 9.47 Å². The second-order valence-corrected chi connectivity index (χ2v) is 6.66. The first-order valence-corrected chi connectivity index (χ1v) is 9.26. The van der Waals surface area contributed by atoms with Gasteiger partial charge in [0.25, 0.3) is 0 Å². The number of carbonyl (C=O) groups excluding carboxylic acids is 1. The highest BCUT2D eigenvalue weighted by atomic mass is 35.5. The van der Waals surface area contributed by atoms with Crippen LogP contribution >= 0.6 is 23.4 Å². The fourth-order valence-electron chi connectivity index (χ4n) is 2.40. The number of pyridine rings is 1. The first kappa shape index (κ1) is 18.5. The van der Waals surface area contributed by atoms with Crippen LogP contribution < -0.4 is 4.74 Å². The van der Waals surface area contributed by atoms with Crippen LogP contribution in [0, 0.1) is 5.82 Å². The first-order chi connectivity index (χ1) is 12.5. The topological polar surface area (TPSA) is 48.4 Å². The van der Waals surface area contributed by atoms with Crippen molar-refractivity contribution in [3.63, 3.8) is 0 Å². The van der Waals surface area contributed by atoms with E-state index in [4.69, 9.17) is 21.1 Å². The first-order valence-electron chi connectivity index (χ1n) is 7.65. The summed E-state index contributed by atoms with van der Waals surface area (Å²) in [5.74, 6) is -1.16. The summed E-state index contributed by atoms with van der Waals surface area (Å²) in [5.41, 5.74) is 1.15. The van der Waals surface area contributed by atoms with Crippen molar-refractivity contribution in [1.29, 1.82) is 0 Å². The van der Waals surface area contributed by atoms with E-state index in [1.165, 1.54) is 19.2 Å². The fraction of sp³-hybridized carbons (Fsp3) is 0.158. The molecule has 134 valence electrons. The van der Waals surface area contributed by atoms with Crippen LogP contribution in [-0.2, 0) is 11.3 Å². The summed E-state index contributed by atoms with van der Waals surface area (Å²) in [6, 6.07) is 11.6. The van der Waals surface area contributed by atoms with Crippen molar-refractivity contribution in [2.45, 2.75) is 11.5 Å². The molecule has 0 aliphatic carbocycles. The van der Waals surface area contributed by atoms with Gasteiger partial charge in [-0.25, -0.2) is 14.2 Å². The van der Waals surface area contributed by atoms with Crippen LogP contribution in [0.3, 0.4) is 0 Å². The Hall–Kier alpha value is -2.31. The molecule has 0 spiro atoms. The molecule has 7 heteroatoms. The quantitative estimate of drug-likeness (QED) is 0.343. The molecule has 26 heavy (non-hydrogen) atoms. The van der Waals surface area contributed by atoms with Crippen molar-refractivity contribution in [3.05, 3.63) is 64.6 Å². The Bertz CT molecular complexity index is 980. The van der Waals surface area contributed by atoms with Gasteiger partial charge in [0.15, 0.2) is 0 Å². The van der Waals surface area contributed by atoms with Gasteiger partial charge in [0, 0.05) is 21.9 Å². The monoisotopic (exact) mass is 391 g/mol. The lowest BCUT2D eigenvalue weighted by Crippen LogP contribution is -2.08. The lowest BCUT2D eigenvalue weighted by molar-refractivity contribution is 0.0467. The maximum Gasteiger partial charge on any atom is 0.341 e. The van der Waals surface area contributed by atoms with Gasteiger partial charge in [-0.15, -0.1) is 11.8 Å². The number of halogens is 2. The van der Waals surface area contributed by atoms with E-state index in [0.29, 0.717) is 11.3 Å². The summed E-state index contributed by atoms with van der Waals surface area (Å²) < 4.78 is 24.1. The van der Waals surface area contributed by atoms with Crippen LogP contribution in [0.5, 0.6) is 5.75 Å². The van der Waals surface area contributed by atoms with E-state index in [2.05, 4.69) is 4.98 Å². The van der Waals surface area contributed by atoms with Crippen LogP contribution in [-0.4, -0.2) is 24.3 Å². The number of rotatable bonds is 5. The molecule has 0 unspecified atom stereocenters. The van der Waals surface area contributed by atoms with Crippen LogP contribution in [0.1, 0.15) is 15.9 Å². The third-order valence-corrected chi connectivity index (χ3v) is 4.86. The summed E-state index contributed by atoms with van der Waals surface area (Å²) in [4.78, 5) is 17.6. The number of aromatic nitrogens is 1. The molecule has 0 bridgehead atoms. The van der Waals surface area contributed by atoms with E-state index in [1.54, 1.807) is 11.8 Å². The average molecular weight is 392 g/mol. The van der Waals surface area contributed by atoms with Gasteiger partial charge in [-0.2, -0.15) is 0 Å². The largest absolute Gasteiger partial charge is 0.497 e. The van der Waals surface area contributed by atoms with Crippen molar-refractivity contribution in [2.24, 2.45) is 0 Å². The molecule has 0 fully saturated rings. The molecule has 1 heterocycles. The molecule has 3 rings (SSSR count). The van der Waals surface area contributed by atoms with E-state index in [0.717, 1.165) is 21.9 Å². The number of nitrogens with zero attached hydrogens (tertiary/aromatic N) is 1. The SMILES string of the molecule is COc1ccc(C(=O)OCc2cc3ccc(SC)cc3nc2Cl)c(F)c1. The number of thioether (sulfide) groups is 1. The predicted octanol–water partition coefficient (Wildman–Crippen LogP) is 5.11. The lowest BCUT2D eigenvalue weighted by atomic mass is 10.1. The van der Waals surface area contributed by atoms with E-state index in [-0.39, 0.29) is 17.3 Å². The summed E-state index contributed by atoms with van der Waals surface area (Å²) >= 11 is 7.81. The Morgan fingerprint density at radius 2 is 2.04 bits per heavy atom. The number of fused-ring (bicyclic) bond motifs is 1. The number of carbonyl (C=O) groups is 1. The molecule has 0 radical (unpaired) electrons. The number of hydrogen-bond donors (Lipinski definition) is 0. The zero-order valence-corrected chi connectivity index (χ0v) is 15.7. The Balaban J connectivity index is 1.78. The molecule has 3 aromatic rings. The molecule has 0 saturated heterocycles. The van der Waals surface area contributed by atoms with E-state index in [1.807, 2.05) is 30.5 Å². The molecular weight excluding hydrogens is 377 g/mol. The number of methoxy groups -OCH3 is 1. The molecule has 1 aromatic heterocycles. The van der Waals surface area contributed by atoms with E-state index < -0.39 is 11.8 Å². The molecular formula is C19H15ClFNO3S. The minimum absolute atomic E-state index is 0.101. The molecule has 2 aromatic carbocycles. The minimum Gasteiger partial charge on any atom is -0.497 e. The second-order valence-electron chi connectivity index (χ2n) is 5.42. The highest BCUT2D eigenvalue weighted by Gasteiger charge is 2.15. The second kappa shape index (κ2) is 7.93. The van der Waals surface area contributed by atoms with Gasteiger partial charge in [0.05, 0.1) is 18.2 Å². The van der Waals surface area contributed by atoms with Crippen molar-refractivity contribution in [2.75, 3.05) is 13.4 Å². The van der Waals surface area contributed by atoms with Gasteiger partial charge in [-0.3, -0.25) is 0 Å². The fourth-order valence-corrected chi connectivity index (χ4v) is 3.04. The molecule has 0 saturated carbocycles. The molecule has 0 aliphatic heterocycles. The Kier molecular flexibility index (Phi) is 5.64. The Labute approximate surface area is 159 Å². The van der Waals surface area contributed by atoms with Crippen molar-refractivity contribution in [3.8, 4) is 5.75 Å². The van der Waals surface area contributed by atoms with Gasteiger partial charge in [0.2, 0.25) is 0 Å². The van der Waals surface area contributed by atoms with E-state index >= 15 is 0 Å². The standard InChI is InChI=1S/C19H15ClFNO3S/c1-24-13-4-6-15(16(21)8-13)19(23)25-10-12-7-11-3-5-14(26-2)9-17(11)22-18(12)20/h3-9H,10H2,1-2H3. The van der Waals surface area contributed by atoms with Crippen LogP contribution in [0.2, 0.25) is 5.15 Å². The van der Waals surface area contributed by atoms with Crippen molar-refractivity contribution in [1.82, 2.24) is 4.98 Å². The molecule has 4 nitrogen and oxygen atoms in total. The number of esters is 1. The summed E-state index contributed by atoms with van der Waals surface area (Å²) in [5, 5.41) is 1.13. The maximum absolute atomic E-state index is 14.0. The number of ether oxygens (including phenoxy) is 2. The van der Waals surface area contributed by atoms with Gasteiger partial charge in [0.1, 0.15) is 23.3 Å². The number of hydrogen-bond acceptors (Lipinski definition) is 5. The Morgan fingerprint density at radius 1 is 1.23 bits per heavy atom. The Morgan fingerprint density at radius 3 is 2.73 bits per heavy atom. The smallest absolute Gasteiger partial charge is 0.341 e. The van der Waals surface area contributed by atoms with Crippen LogP contribution in [0.4, 0.5) is 4.39 Å². The average Bonchev–Trinajstić information content (AvgIpc) is 2.65. The van der Waals surface area contributed by atoms with E-state index in [9.17, 15) is 9.18 Å². The summed E-state index contributed by atoms with van der Waals surface area (Å²) in [7, 11) is 1.42. The van der Waals surface area contributed by atoms with Crippen molar-refractivity contribution < 1.29 is 18.7 Å². The van der Waals surface area contributed by atoms with Gasteiger partial charge in [-0.1, -0.05) is 17.7 Å².